The highest BCUT2D eigenvalue weighted by molar-refractivity contribution is 6.03. The molecule has 0 spiro atoms. The molecule has 0 unspecified atom stereocenters. The predicted molar refractivity (Wildman–Crippen MR) is 100 cm³/mol. The minimum atomic E-state index is -0.707. The van der Waals surface area contributed by atoms with Crippen LogP contribution in [0.3, 0.4) is 0 Å². The Morgan fingerprint density at radius 3 is 2.19 bits per heavy atom. The van der Waals surface area contributed by atoms with E-state index in [0.29, 0.717) is 22.9 Å². The van der Waals surface area contributed by atoms with Gasteiger partial charge in [-0.15, -0.1) is 10.2 Å². The van der Waals surface area contributed by atoms with Crippen LogP contribution in [0, 0.1) is 0 Å². The van der Waals surface area contributed by atoms with E-state index >= 15 is 0 Å². The summed E-state index contributed by atoms with van der Waals surface area (Å²) in [4.78, 5) is 24.1. The van der Waals surface area contributed by atoms with Crippen molar-refractivity contribution in [3.63, 3.8) is 0 Å². The van der Waals surface area contributed by atoms with Gasteiger partial charge < -0.3 is 10.2 Å². The second-order valence-electron chi connectivity index (χ2n) is 6.09. The highest BCUT2D eigenvalue weighted by Gasteiger charge is 2.17. The lowest BCUT2D eigenvalue weighted by Crippen LogP contribution is -1.97. The minimum absolute atomic E-state index is 0.0455. The molecule has 0 atom stereocenters. The van der Waals surface area contributed by atoms with Gasteiger partial charge in [-0.05, 0) is 36.8 Å². The Hall–Kier alpha value is -3.48. The molecule has 1 aromatic heterocycles. The van der Waals surface area contributed by atoms with Crippen molar-refractivity contribution in [1.82, 2.24) is 4.57 Å². The molecule has 7 heteroatoms. The third-order valence-corrected chi connectivity index (χ3v) is 4.25. The zero-order chi connectivity index (χ0) is 19.4. The summed E-state index contributed by atoms with van der Waals surface area (Å²) in [7, 11) is 0. The van der Waals surface area contributed by atoms with E-state index in [-0.39, 0.29) is 17.3 Å². The molecule has 3 rings (SSSR count). The first-order chi connectivity index (χ1) is 13.0. The van der Waals surface area contributed by atoms with E-state index in [1.54, 1.807) is 30.3 Å². The predicted octanol–water partition coefficient (Wildman–Crippen LogP) is 4.29. The Kier molecular flexibility index (Phi) is 5.30. The lowest BCUT2D eigenvalue weighted by Gasteiger charge is -2.04. The maximum absolute atomic E-state index is 12.2. The number of hydrogen-bond acceptors (Lipinski definition) is 4. The Labute approximate surface area is 155 Å². The molecule has 0 saturated carbocycles. The number of nitrogens with zero attached hydrogens (tertiary/aromatic N) is 3. The van der Waals surface area contributed by atoms with Crippen LogP contribution in [-0.4, -0.2) is 26.6 Å². The number of azo groups is 1. The summed E-state index contributed by atoms with van der Waals surface area (Å²) < 4.78 is 1.41. The van der Waals surface area contributed by atoms with Crippen LogP contribution < -0.4 is 0 Å². The highest BCUT2D eigenvalue weighted by atomic mass is 16.3. The van der Waals surface area contributed by atoms with E-state index in [9.17, 15) is 19.8 Å². The van der Waals surface area contributed by atoms with Gasteiger partial charge in [-0.2, -0.15) is 0 Å². The second-order valence-corrected chi connectivity index (χ2v) is 6.09. The van der Waals surface area contributed by atoms with Gasteiger partial charge in [-0.1, -0.05) is 31.5 Å². The number of fused-ring (bicyclic) bond motifs is 1. The zero-order valence-corrected chi connectivity index (χ0v) is 14.8. The van der Waals surface area contributed by atoms with Crippen molar-refractivity contribution in [3.8, 4) is 11.8 Å². The number of hydrogen-bond donors (Lipinski definition) is 2. The van der Waals surface area contributed by atoms with Gasteiger partial charge in [0.2, 0.25) is 11.8 Å². The van der Waals surface area contributed by atoms with Crippen molar-refractivity contribution in [1.29, 1.82) is 0 Å². The van der Waals surface area contributed by atoms with Gasteiger partial charge in [-0.25, -0.2) is 0 Å². The summed E-state index contributed by atoms with van der Waals surface area (Å²) in [6.45, 7) is 2.48. The van der Waals surface area contributed by atoms with Gasteiger partial charge in [0.05, 0.1) is 0 Å². The van der Waals surface area contributed by atoms with Gasteiger partial charge in [0.25, 0.3) is 11.8 Å². The molecule has 7 nitrogen and oxygen atoms in total. The van der Waals surface area contributed by atoms with Crippen LogP contribution >= 0.6 is 0 Å². The largest absolute Gasteiger partial charge is 0.494 e. The summed E-state index contributed by atoms with van der Waals surface area (Å²) in [5.41, 5.74) is 0.495. The Morgan fingerprint density at radius 1 is 0.889 bits per heavy atom. The first kappa shape index (κ1) is 18.3. The summed E-state index contributed by atoms with van der Waals surface area (Å²) >= 11 is 0. The number of unbranched alkanes of at least 4 members (excludes halogenated alkanes) is 1. The number of carbonyl (C=O) groups is 2. The fraction of sp³-hybridized carbons (Fsp3) is 0.200. The van der Waals surface area contributed by atoms with Crippen molar-refractivity contribution >= 4 is 22.6 Å². The molecule has 138 valence electrons. The number of amides is 2. The van der Waals surface area contributed by atoms with Gasteiger partial charge in [0, 0.05) is 28.4 Å². The maximum atomic E-state index is 12.2. The molecule has 0 aliphatic carbocycles. The zero-order valence-electron chi connectivity index (χ0n) is 14.8. The van der Waals surface area contributed by atoms with Crippen molar-refractivity contribution in [2.75, 3.05) is 0 Å². The summed E-state index contributed by atoms with van der Waals surface area (Å²) in [6, 6.07) is 12.8. The number of carbonyl (C=O) groups excluding carboxylic acids is 2. The molecule has 0 aliphatic rings. The first-order valence-corrected chi connectivity index (χ1v) is 8.62. The second kappa shape index (κ2) is 7.82. The summed E-state index contributed by atoms with van der Waals surface area (Å²) in [5, 5.41) is 28.3. The maximum Gasteiger partial charge on any atom is 0.295 e. The molecule has 1 heterocycles. The van der Waals surface area contributed by atoms with E-state index in [4.69, 9.17) is 0 Å². The van der Waals surface area contributed by atoms with Gasteiger partial charge in [0.15, 0.2) is 0 Å². The lowest BCUT2D eigenvalue weighted by atomic mass is 10.1. The van der Waals surface area contributed by atoms with Crippen LogP contribution in [0.5, 0.6) is 11.8 Å². The van der Waals surface area contributed by atoms with E-state index in [2.05, 4.69) is 10.2 Å². The van der Waals surface area contributed by atoms with Crippen molar-refractivity contribution in [2.24, 2.45) is 10.2 Å². The quantitative estimate of drug-likeness (QED) is 0.658. The molecule has 2 amide bonds. The Bertz CT molecular complexity index is 1020. The van der Waals surface area contributed by atoms with E-state index < -0.39 is 11.8 Å². The van der Waals surface area contributed by atoms with Crippen molar-refractivity contribution in [2.45, 2.75) is 26.3 Å². The van der Waals surface area contributed by atoms with Gasteiger partial charge in [0.1, 0.15) is 0 Å². The third-order valence-electron chi connectivity index (χ3n) is 4.25. The SMILES string of the molecule is CCCCn1c(O)c2ccc(C(=O)N=NC(=O)c3ccccc3)cc2c1O. The first-order valence-electron chi connectivity index (χ1n) is 8.62. The molecular formula is C20H19N3O4. The smallest absolute Gasteiger partial charge is 0.295 e. The normalized spacial score (nSPS) is 11.3. The van der Waals surface area contributed by atoms with Crippen LogP contribution in [0.4, 0.5) is 0 Å². The fourth-order valence-corrected chi connectivity index (χ4v) is 2.76. The van der Waals surface area contributed by atoms with E-state index in [1.165, 1.54) is 22.8 Å². The number of aromatic hydroxyl groups is 2. The van der Waals surface area contributed by atoms with E-state index in [0.717, 1.165) is 12.8 Å². The standard InChI is InChI=1S/C20H19N3O4/c1-2-3-11-23-19(26)15-10-9-14(12-16(15)20(23)27)18(25)22-21-17(24)13-7-5-4-6-8-13/h4-10,12,26-27H,2-3,11H2,1H3. The Balaban J connectivity index is 1.86. The monoisotopic (exact) mass is 365 g/mol. The fourth-order valence-electron chi connectivity index (χ4n) is 2.76. The minimum Gasteiger partial charge on any atom is -0.494 e. The highest BCUT2D eigenvalue weighted by Crippen LogP contribution is 2.37. The average molecular weight is 365 g/mol. The molecule has 2 N–H and O–H groups in total. The molecule has 3 aromatic rings. The molecule has 2 aromatic carbocycles. The lowest BCUT2D eigenvalue weighted by molar-refractivity contribution is 0.0947. The summed E-state index contributed by atoms with van der Waals surface area (Å²) in [6.07, 6.45) is 1.71. The third kappa shape index (κ3) is 3.72. The number of aromatic nitrogens is 1. The summed E-state index contributed by atoms with van der Waals surface area (Å²) in [5.74, 6) is -1.48. The van der Waals surface area contributed by atoms with Crippen LogP contribution in [0.2, 0.25) is 0 Å². The Morgan fingerprint density at radius 2 is 1.52 bits per heavy atom. The van der Waals surface area contributed by atoms with E-state index in [1.807, 2.05) is 6.92 Å². The number of benzene rings is 2. The topological polar surface area (TPSA) is 104 Å². The van der Waals surface area contributed by atoms with Gasteiger partial charge >= 0.3 is 0 Å². The van der Waals surface area contributed by atoms with Crippen LogP contribution in [0.1, 0.15) is 40.5 Å². The molecule has 0 aliphatic heterocycles. The number of rotatable bonds is 5. The molecule has 0 bridgehead atoms. The van der Waals surface area contributed by atoms with Gasteiger partial charge in [-0.3, -0.25) is 14.2 Å². The van der Waals surface area contributed by atoms with Crippen molar-refractivity contribution in [3.05, 3.63) is 59.7 Å². The molecule has 0 radical (unpaired) electrons. The average Bonchev–Trinajstić information content (AvgIpc) is 2.94. The van der Waals surface area contributed by atoms with Crippen LogP contribution in [-0.2, 0) is 6.54 Å². The van der Waals surface area contributed by atoms with Crippen LogP contribution in [0.25, 0.3) is 10.8 Å². The van der Waals surface area contributed by atoms with Crippen molar-refractivity contribution < 1.29 is 19.8 Å². The molecular weight excluding hydrogens is 346 g/mol. The molecule has 0 fully saturated rings. The molecule has 0 saturated heterocycles. The van der Waals surface area contributed by atoms with Crippen LogP contribution in [0.15, 0.2) is 58.8 Å². The molecule has 27 heavy (non-hydrogen) atoms.